The van der Waals surface area contributed by atoms with E-state index in [4.69, 9.17) is 14.2 Å². The number of carboxylic acid groups (broad SMARTS) is 1. The SMILES string of the molecule is COC1CN(C(=O)COCCNC(=O)OCC2c3ccccc3-c3ccccc32)C(C)(C(=O)O)C1. The molecule has 1 fully saturated rings. The molecular formula is C26H30N2O7. The fourth-order valence-corrected chi connectivity index (χ4v) is 4.87. The quantitative estimate of drug-likeness (QED) is 0.528. The zero-order chi connectivity index (χ0) is 25.0. The number of rotatable bonds is 9. The van der Waals surface area contributed by atoms with Crippen molar-refractivity contribution in [3.8, 4) is 11.1 Å². The summed E-state index contributed by atoms with van der Waals surface area (Å²) in [7, 11) is 1.49. The number of ether oxygens (including phenoxy) is 3. The summed E-state index contributed by atoms with van der Waals surface area (Å²) in [6, 6.07) is 16.2. The third kappa shape index (κ3) is 5.01. The molecule has 1 saturated heterocycles. The molecule has 35 heavy (non-hydrogen) atoms. The molecule has 1 aliphatic heterocycles. The Bertz CT molecular complexity index is 1060. The highest BCUT2D eigenvalue weighted by molar-refractivity contribution is 5.88. The lowest BCUT2D eigenvalue weighted by Crippen LogP contribution is -2.52. The minimum atomic E-state index is -1.33. The van der Waals surface area contributed by atoms with E-state index >= 15 is 0 Å². The van der Waals surface area contributed by atoms with Crippen molar-refractivity contribution in [2.75, 3.05) is 40.0 Å². The molecule has 2 atom stereocenters. The lowest BCUT2D eigenvalue weighted by Gasteiger charge is -2.30. The molecular weight excluding hydrogens is 452 g/mol. The number of carbonyl (C=O) groups is 3. The monoisotopic (exact) mass is 482 g/mol. The second kappa shape index (κ2) is 10.5. The van der Waals surface area contributed by atoms with E-state index in [2.05, 4.69) is 29.6 Å². The number of hydrogen-bond donors (Lipinski definition) is 2. The summed E-state index contributed by atoms with van der Waals surface area (Å²) in [5, 5.41) is 12.2. The first-order valence-electron chi connectivity index (χ1n) is 11.6. The number of fused-ring (bicyclic) bond motifs is 3. The summed E-state index contributed by atoms with van der Waals surface area (Å²) in [5.74, 6) is -1.54. The molecule has 0 aromatic heterocycles. The Morgan fingerprint density at radius 2 is 1.71 bits per heavy atom. The summed E-state index contributed by atoms with van der Waals surface area (Å²) >= 11 is 0. The molecule has 4 rings (SSSR count). The topological polar surface area (TPSA) is 114 Å². The fourth-order valence-electron chi connectivity index (χ4n) is 4.87. The molecule has 0 saturated carbocycles. The predicted octanol–water partition coefficient (Wildman–Crippen LogP) is 2.63. The van der Waals surface area contributed by atoms with Gasteiger partial charge in [-0.25, -0.2) is 9.59 Å². The van der Waals surface area contributed by atoms with Crippen molar-refractivity contribution in [2.24, 2.45) is 0 Å². The van der Waals surface area contributed by atoms with Crippen LogP contribution in [0.2, 0.25) is 0 Å². The first kappa shape index (κ1) is 24.7. The van der Waals surface area contributed by atoms with E-state index in [1.807, 2.05) is 24.3 Å². The van der Waals surface area contributed by atoms with E-state index in [0.717, 1.165) is 22.3 Å². The Hall–Kier alpha value is -3.43. The van der Waals surface area contributed by atoms with E-state index in [9.17, 15) is 19.5 Å². The van der Waals surface area contributed by atoms with Gasteiger partial charge in [0.05, 0.1) is 12.7 Å². The fraction of sp³-hybridized carbons (Fsp3) is 0.423. The Labute approximate surface area is 204 Å². The van der Waals surface area contributed by atoms with Gasteiger partial charge >= 0.3 is 12.1 Å². The van der Waals surface area contributed by atoms with Crippen LogP contribution < -0.4 is 5.32 Å². The van der Waals surface area contributed by atoms with Crippen LogP contribution in [0.4, 0.5) is 4.79 Å². The summed E-state index contributed by atoms with van der Waals surface area (Å²) in [6.07, 6.45) is -0.688. The molecule has 1 heterocycles. The van der Waals surface area contributed by atoms with Gasteiger partial charge in [0.25, 0.3) is 0 Å². The van der Waals surface area contributed by atoms with Gasteiger partial charge in [-0.2, -0.15) is 0 Å². The number of hydrogen-bond acceptors (Lipinski definition) is 6. The highest BCUT2D eigenvalue weighted by Gasteiger charge is 2.50. The lowest BCUT2D eigenvalue weighted by atomic mass is 9.98. The highest BCUT2D eigenvalue weighted by atomic mass is 16.5. The normalized spacial score (nSPS) is 20.9. The molecule has 2 aliphatic rings. The van der Waals surface area contributed by atoms with Gasteiger partial charge in [0.1, 0.15) is 18.8 Å². The number of carboxylic acids is 1. The van der Waals surface area contributed by atoms with E-state index in [0.29, 0.717) is 0 Å². The average Bonchev–Trinajstić information content (AvgIpc) is 3.38. The molecule has 2 aromatic carbocycles. The molecule has 2 unspecified atom stereocenters. The van der Waals surface area contributed by atoms with Gasteiger partial charge in [0.2, 0.25) is 5.91 Å². The van der Waals surface area contributed by atoms with Crippen LogP contribution in [0.15, 0.2) is 48.5 Å². The van der Waals surface area contributed by atoms with Crippen molar-refractivity contribution in [3.63, 3.8) is 0 Å². The van der Waals surface area contributed by atoms with Gasteiger partial charge < -0.3 is 29.5 Å². The van der Waals surface area contributed by atoms with Crippen molar-refractivity contribution < 1.29 is 33.7 Å². The van der Waals surface area contributed by atoms with Crippen LogP contribution in [0.25, 0.3) is 11.1 Å². The zero-order valence-electron chi connectivity index (χ0n) is 19.9. The first-order chi connectivity index (χ1) is 16.8. The van der Waals surface area contributed by atoms with Crippen molar-refractivity contribution >= 4 is 18.0 Å². The maximum absolute atomic E-state index is 12.5. The zero-order valence-corrected chi connectivity index (χ0v) is 19.9. The molecule has 0 bridgehead atoms. The first-order valence-corrected chi connectivity index (χ1v) is 11.6. The maximum Gasteiger partial charge on any atom is 0.407 e. The number of alkyl carbamates (subject to hydrolysis) is 1. The van der Waals surface area contributed by atoms with Crippen LogP contribution in [-0.4, -0.2) is 79.6 Å². The summed E-state index contributed by atoms with van der Waals surface area (Å²) in [4.78, 5) is 37.7. The van der Waals surface area contributed by atoms with E-state index < -0.39 is 23.5 Å². The second-order valence-electron chi connectivity index (χ2n) is 8.95. The van der Waals surface area contributed by atoms with Crippen LogP contribution in [-0.2, 0) is 23.8 Å². The largest absolute Gasteiger partial charge is 0.480 e. The predicted molar refractivity (Wildman–Crippen MR) is 127 cm³/mol. The van der Waals surface area contributed by atoms with Crippen LogP contribution in [0, 0.1) is 0 Å². The average molecular weight is 483 g/mol. The standard InChI is InChI=1S/C26H30N2O7/c1-26(24(30)31)13-17(33-2)14-28(26)23(29)16-34-12-11-27-25(32)35-15-22-20-9-5-3-7-18(20)19-8-4-6-10-21(19)22/h3-10,17,22H,11-16H2,1-2H3,(H,27,32)(H,30,31). The highest BCUT2D eigenvalue weighted by Crippen LogP contribution is 2.44. The second-order valence-corrected chi connectivity index (χ2v) is 8.95. The van der Waals surface area contributed by atoms with Gasteiger partial charge in [-0.3, -0.25) is 4.79 Å². The number of nitrogens with one attached hydrogen (secondary N) is 1. The maximum atomic E-state index is 12.5. The van der Waals surface area contributed by atoms with E-state index in [-0.39, 0.29) is 51.4 Å². The van der Waals surface area contributed by atoms with Crippen molar-refractivity contribution in [2.45, 2.75) is 30.9 Å². The lowest BCUT2D eigenvalue weighted by molar-refractivity contribution is -0.157. The minimum Gasteiger partial charge on any atom is -0.480 e. The third-order valence-electron chi connectivity index (χ3n) is 6.79. The molecule has 1 aliphatic carbocycles. The van der Waals surface area contributed by atoms with Crippen LogP contribution in [0.1, 0.15) is 30.4 Å². The van der Waals surface area contributed by atoms with Gasteiger partial charge in [-0.15, -0.1) is 0 Å². The molecule has 9 heteroatoms. The van der Waals surface area contributed by atoms with Crippen molar-refractivity contribution in [1.29, 1.82) is 0 Å². The number of methoxy groups -OCH3 is 1. The Balaban J connectivity index is 1.20. The van der Waals surface area contributed by atoms with Crippen LogP contribution in [0.5, 0.6) is 0 Å². The molecule has 186 valence electrons. The van der Waals surface area contributed by atoms with Gasteiger partial charge in [0.15, 0.2) is 0 Å². The molecule has 0 spiro atoms. The Morgan fingerprint density at radius 1 is 1.09 bits per heavy atom. The third-order valence-corrected chi connectivity index (χ3v) is 6.79. The number of likely N-dealkylation sites (tertiary alicyclic amines) is 1. The van der Waals surface area contributed by atoms with Crippen LogP contribution in [0.3, 0.4) is 0 Å². The summed E-state index contributed by atoms with van der Waals surface area (Å²) in [5.41, 5.74) is 3.25. The smallest absolute Gasteiger partial charge is 0.407 e. The number of nitrogens with zero attached hydrogens (tertiary/aromatic N) is 1. The Morgan fingerprint density at radius 3 is 2.31 bits per heavy atom. The Kier molecular flexibility index (Phi) is 7.37. The van der Waals surface area contributed by atoms with Gasteiger partial charge in [-0.1, -0.05) is 48.5 Å². The number of amides is 2. The van der Waals surface area contributed by atoms with E-state index in [1.165, 1.54) is 18.9 Å². The van der Waals surface area contributed by atoms with Crippen molar-refractivity contribution in [3.05, 3.63) is 59.7 Å². The summed E-state index contributed by atoms with van der Waals surface area (Å²) in [6.45, 7) is 1.86. The molecule has 0 radical (unpaired) electrons. The number of benzene rings is 2. The van der Waals surface area contributed by atoms with Crippen molar-refractivity contribution in [1.82, 2.24) is 10.2 Å². The van der Waals surface area contributed by atoms with Crippen LogP contribution >= 0.6 is 0 Å². The molecule has 9 nitrogen and oxygen atoms in total. The van der Waals surface area contributed by atoms with Gasteiger partial charge in [0, 0.05) is 32.5 Å². The minimum absolute atomic E-state index is 0.0260. The molecule has 2 amide bonds. The van der Waals surface area contributed by atoms with Gasteiger partial charge in [-0.05, 0) is 29.2 Å². The number of aliphatic carboxylic acids is 1. The van der Waals surface area contributed by atoms with E-state index in [1.54, 1.807) is 0 Å². The molecule has 2 N–H and O–H groups in total. The molecule has 2 aromatic rings. The number of carbonyl (C=O) groups excluding carboxylic acids is 2. The summed E-state index contributed by atoms with van der Waals surface area (Å²) < 4.78 is 16.1.